The predicted molar refractivity (Wildman–Crippen MR) is 55.8 cm³/mol. The highest BCUT2D eigenvalue weighted by molar-refractivity contribution is 5.68. The first-order chi connectivity index (χ1) is 6.54. The van der Waals surface area contributed by atoms with Gasteiger partial charge in [0.2, 0.25) is 0 Å². The first-order valence-corrected chi connectivity index (χ1v) is 4.54. The number of allylic oxidation sites excluding steroid dienone is 1. The van der Waals surface area contributed by atoms with Gasteiger partial charge in [-0.15, -0.1) is 0 Å². The van der Waals surface area contributed by atoms with Crippen LogP contribution in [-0.4, -0.2) is 24.1 Å². The molecule has 0 spiro atoms. The van der Waals surface area contributed by atoms with Gasteiger partial charge >= 0.3 is 0 Å². The van der Waals surface area contributed by atoms with Crippen molar-refractivity contribution in [2.45, 2.75) is 26.8 Å². The number of hydrogen-bond donors (Lipinski definition) is 2. The van der Waals surface area contributed by atoms with Gasteiger partial charge in [0.25, 0.3) is 0 Å². The van der Waals surface area contributed by atoms with Crippen LogP contribution in [0.4, 0.5) is 0 Å². The van der Waals surface area contributed by atoms with Crippen LogP contribution in [0.2, 0.25) is 0 Å². The summed E-state index contributed by atoms with van der Waals surface area (Å²) in [7, 11) is 1.79. The summed E-state index contributed by atoms with van der Waals surface area (Å²) in [5.41, 5.74) is 2.91. The monoisotopic (exact) mass is 193 g/mol. The van der Waals surface area contributed by atoms with E-state index in [9.17, 15) is 9.90 Å². The lowest BCUT2D eigenvalue weighted by Gasteiger charge is -2.26. The number of aliphatic hydroxyl groups is 1. The molecule has 3 heteroatoms. The molecule has 0 amide bonds. The van der Waals surface area contributed by atoms with Gasteiger partial charge < -0.3 is 10.4 Å². The molecule has 1 unspecified atom stereocenters. The van der Waals surface area contributed by atoms with E-state index in [0.29, 0.717) is 11.1 Å². The third kappa shape index (κ3) is 1.41. The van der Waals surface area contributed by atoms with Crippen molar-refractivity contribution in [3.8, 4) is 0 Å². The summed E-state index contributed by atoms with van der Waals surface area (Å²) < 4.78 is 0. The predicted octanol–water partition coefficient (Wildman–Crippen LogP) is 1.51. The van der Waals surface area contributed by atoms with Gasteiger partial charge in [-0.3, -0.25) is 0 Å². The Hall–Kier alpha value is -1.31. The second kappa shape index (κ2) is 3.82. The maximum absolute atomic E-state index is 10.8. The summed E-state index contributed by atoms with van der Waals surface area (Å²) >= 11 is 0. The van der Waals surface area contributed by atoms with E-state index in [1.165, 1.54) is 0 Å². The van der Waals surface area contributed by atoms with Crippen LogP contribution < -0.4 is 5.32 Å². The highest BCUT2D eigenvalue weighted by Gasteiger charge is 2.26. The number of aliphatic hydroxyl groups excluding tert-OH is 1. The molecule has 0 heterocycles. The van der Waals surface area contributed by atoms with E-state index in [-0.39, 0.29) is 11.8 Å². The van der Waals surface area contributed by atoms with Crippen molar-refractivity contribution in [2.24, 2.45) is 0 Å². The Kier molecular flexibility index (Phi) is 2.94. The van der Waals surface area contributed by atoms with E-state index >= 15 is 0 Å². The van der Waals surface area contributed by atoms with Crippen LogP contribution in [0, 0.1) is 0 Å². The van der Waals surface area contributed by atoms with Crippen molar-refractivity contribution in [1.82, 2.24) is 5.32 Å². The number of nitrogens with one attached hydrogen (secondary N) is 1. The summed E-state index contributed by atoms with van der Waals surface area (Å²) in [5, 5.41) is 12.8. The second-order valence-corrected chi connectivity index (χ2v) is 3.52. The smallest absolute Gasteiger partial charge is 0.130 e. The minimum absolute atomic E-state index is 0.122. The lowest BCUT2D eigenvalue weighted by Crippen LogP contribution is -2.33. The number of likely N-dealkylation sites (N-methyl/N-ethyl adjacent to an activating group) is 1. The number of rotatable bonds is 1. The molecule has 0 aromatic rings. The average molecular weight is 193 g/mol. The fourth-order valence-corrected chi connectivity index (χ4v) is 1.74. The van der Waals surface area contributed by atoms with Gasteiger partial charge in [-0.1, -0.05) is 0 Å². The number of carbonyl (C=O) groups excluding carboxylic acids is 1. The minimum Gasteiger partial charge on any atom is -0.507 e. The Morgan fingerprint density at radius 2 is 1.86 bits per heavy atom. The quantitative estimate of drug-likeness (QED) is 0.621. The molecule has 0 saturated carbocycles. The van der Waals surface area contributed by atoms with Crippen LogP contribution in [0.5, 0.6) is 0 Å². The van der Waals surface area contributed by atoms with E-state index in [0.717, 1.165) is 11.1 Å². The SMILES string of the molecule is CNC1C(=C=O)C(C)=C(O)C(C)=C1C. The van der Waals surface area contributed by atoms with Crippen molar-refractivity contribution in [2.75, 3.05) is 7.05 Å². The third-order valence-corrected chi connectivity index (χ3v) is 2.83. The Balaban J connectivity index is 3.38. The van der Waals surface area contributed by atoms with Crippen molar-refractivity contribution in [1.29, 1.82) is 0 Å². The Morgan fingerprint density at radius 1 is 1.29 bits per heavy atom. The van der Waals surface area contributed by atoms with E-state index in [2.05, 4.69) is 5.32 Å². The van der Waals surface area contributed by atoms with Crippen LogP contribution >= 0.6 is 0 Å². The molecular formula is C11H15NO2. The van der Waals surface area contributed by atoms with E-state index < -0.39 is 0 Å². The van der Waals surface area contributed by atoms with Gasteiger partial charge in [-0.25, -0.2) is 4.79 Å². The average Bonchev–Trinajstić information content (AvgIpc) is 2.20. The zero-order valence-corrected chi connectivity index (χ0v) is 8.93. The zero-order valence-electron chi connectivity index (χ0n) is 8.93. The Morgan fingerprint density at radius 3 is 2.29 bits per heavy atom. The molecule has 1 rings (SSSR count). The summed E-state index contributed by atoms with van der Waals surface area (Å²) in [6.07, 6.45) is 0. The molecule has 0 aromatic carbocycles. The summed E-state index contributed by atoms with van der Waals surface area (Å²) in [6.45, 7) is 5.48. The lowest BCUT2D eigenvalue weighted by molar-refractivity contribution is 0.410. The van der Waals surface area contributed by atoms with Gasteiger partial charge in [-0.2, -0.15) is 0 Å². The molecule has 76 valence electrons. The summed E-state index contributed by atoms with van der Waals surface area (Å²) in [4.78, 5) is 10.8. The topological polar surface area (TPSA) is 49.3 Å². The molecule has 1 atom stereocenters. The van der Waals surface area contributed by atoms with E-state index in [4.69, 9.17) is 0 Å². The molecule has 0 bridgehead atoms. The molecule has 3 nitrogen and oxygen atoms in total. The molecule has 2 N–H and O–H groups in total. The molecule has 0 fully saturated rings. The fourth-order valence-electron chi connectivity index (χ4n) is 1.74. The van der Waals surface area contributed by atoms with Crippen LogP contribution in [0.3, 0.4) is 0 Å². The van der Waals surface area contributed by atoms with Crippen molar-refractivity contribution < 1.29 is 9.90 Å². The zero-order chi connectivity index (χ0) is 10.9. The number of hydrogen-bond acceptors (Lipinski definition) is 3. The van der Waals surface area contributed by atoms with Gasteiger partial charge in [-0.05, 0) is 39.0 Å². The van der Waals surface area contributed by atoms with Crippen molar-refractivity contribution >= 4 is 5.94 Å². The third-order valence-electron chi connectivity index (χ3n) is 2.83. The molecule has 0 saturated heterocycles. The van der Waals surface area contributed by atoms with Gasteiger partial charge in [0.15, 0.2) is 0 Å². The molecule has 14 heavy (non-hydrogen) atoms. The van der Waals surface area contributed by atoms with E-state index in [1.54, 1.807) is 14.0 Å². The van der Waals surface area contributed by atoms with Crippen molar-refractivity contribution in [3.63, 3.8) is 0 Å². The van der Waals surface area contributed by atoms with Gasteiger partial charge in [0.05, 0.1) is 11.6 Å². The van der Waals surface area contributed by atoms with E-state index in [1.807, 2.05) is 19.8 Å². The minimum atomic E-state index is -0.122. The van der Waals surface area contributed by atoms with Gasteiger partial charge in [0, 0.05) is 5.57 Å². The van der Waals surface area contributed by atoms with Gasteiger partial charge in [0.1, 0.15) is 11.7 Å². The molecular weight excluding hydrogens is 178 g/mol. The van der Waals surface area contributed by atoms with Crippen LogP contribution in [0.25, 0.3) is 0 Å². The molecule has 1 aliphatic carbocycles. The first-order valence-electron chi connectivity index (χ1n) is 4.54. The largest absolute Gasteiger partial charge is 0.507 e. The highest BCUT2D eigenvalue weighted by Crippen LogP contribution is 2.30. The summed E-state index contributed by atoms with van der Waals surface area (Å²) in [5.74, 6) is 2.09. The van der Waals surface area contributed by atoms with Crippen molar-refractivity contribution in [3.05, 3.63) is 28.1 Å². The second-order valence-electron chi connectivity index (χ2n) is 3.52. The molecule has 0 aliphatic heterocycles. The maximum atomic E-state index is 10.8. The van der Waals surface area contributed by atoms with Crippen LogP contribution in [0.15, 0.2) is 28.1 Å². The fraction of sp³-hybridized carbons (Fsp3) is 0.455. The molecule has 0 radical (unpaired) electrons. The normalized spacial score (nSPS) is 22.9. The molecule has 0 aromatic heterocycles. The Bertz CT molecular complexity index is 371. The Labute approximate surface area is 83.8 Å². The lowest BCUT2D eigenvalue weighted by atomic mass is 9.85. The maximum Gasteiger partial charge on any atom is 0.130 e. The standard InChI is InChI=1S/C11H15NO2/c1-6-7(2)11(14)8(3)9(5-13)10(6)12-4/h10,12,14H,1-4H3. The first kappa shape index (κ1) is 10.8. The highest BCUT2D eigenvalue weighted by atomic mass is 16.3. The van der Waals surface area contributed by atoms with Crippen LogP contribution in [-0.2, 0) is 4.79 Å². The summed E-state index contributed by atoms with van der Waals surface area (Å²) in [6, 6.07) is -0.122. The molecule has 1 aliphatic rings. The van der Waals surface area contributed by atoms with Crippen LogP contribution in [0.1, 0.15) is 20.8 Å².